The number of aryl methyl sites for hydroxylation is 1. The summed E-state index contributed by atoms with van der Waals surface area (Å²) in [5.74, 6) is -0.537. The SMILES string of the molecule is COC(=O)C(C)(N)C(C)CCC(=O)Cc1ccc(C)cc1Cl. The van der Waals surface area contributed by atoms with Crippen molar-refractivity contribution in [3.05, 3.63) is 34.3 Å². The van der Waals surface area contributed by atoms with Gasteiger partial charge < -0.3 is 10.5 Å². The molecule has 0 amide bonds. The van der Waals surface area contributed by atoms with E-state index in [2.05, 4.69) is 0 Å². The van der Waals surface area contributed by atoms with Crippen LogP contribution in [0.25, 0.3) is 0 Å². The molecule has 1 aromatic rings. The van der Waals surface area contributed by atoms with Crippen molar-refractivity contribution in [2.75, 3.05) is 7.11 Å². The lowest BCUT2D eigenvalue weighted by atomic mass is 9.84. The monoisotopic (exact) mass is 325 g/mol. The molecule has 4 nitrogen and oxygen atoms in total. The number of carbonyl (C=O) groups excluding carboxylic acids is 2. The summed E-state index contributed by atoms with van der Waals surface area (Å²) in [7, 11) is 1.31. The molecule has 2 atom stereocenters. The number of ether oxygens (including phenoxy) is 1. The number of halogens is 1. The number of Topliss-reactive ketones (excluding diaryl/α,β-unsaturated/α-hetero) is 1. The number of hydrogen-bond acceptors (Lipinski definition) is 4. The van der Waals surface area contributed by atoms with Crippen molar-refractivity contribution in [3.8, 4) is 0 Å². The zero-order valence-corrected chi connectivity index (χ0v) is 14.4. The fraction of sp³-hybridized carbons (Fsp3) is 0.529. The minimum Gasteiger partial charge on any atom is -0.468 e. The van der Waals surface area contributed by atoms with Crippen molar-refractivity contribution in [3.63, 3.8) is 0 Å². The van der Waals surface area contributed by atoms with Gasteiger partial charge in [0.2, 0.25) is 0 Å². The molecule has 5 heteroatoms. The predicted molar refractivity (Wildman–Crippen MR) is 87.9 cm³/mol. The second-order valence-electron chi connectivity index (χ2n) is 6.02. The van der Waals surface area contributed by atoms with Crippen molar-refractivity contribution in [2.24, 2.45) is 11.7 Å². The Bertz CT molecular complexity index is 555. The molecule has 22 heavy (non-hydrogen) atoms. The average molecular weight is 326 g/mol. The Morgan fingerprint density at radius 1 is 1.41 bits per heavy atom. The smallest absolute Gasteiger partial charge is 0.325 e. The van der Waals surface area contributed by atoms with Gasteiger partial charge in [-0.25, -0.2) is 0 Å². The van der Waals surface area contributed by atoms with E-state index in [9.17, 15) is 9.59 Å². The predicted octanol–water partition coefficient (Wildman–Crippen LogP) is 3.07. The third kappa shape index (κ3) is 4.82. The minimum atomic E-state index is -1.09. The highest BCUT2D eigenvalue weighted by molar-refractivity contribution is 6.31. The fourth-order valence-corrected chi connectivity index (χ4v) is 2.50. The van der Waals surface area contributed by atoms with Crippen molar-refractivity contribution in [2.45, 2.75) is 45.6 Å². The number of esters is 1. The zero-order chi connectivity index (χ0) is 16.9. The average Bonchev–Trinajstić information content (AvgIpc) is 2.46. The summed E-state index contributed by atoms with van der Waals surface area (Å²) in [6, 6.07) is 5.66. The van der Waals surface area contributed by atoms with E-state index >= 15 is 0 Å². The molecule has 1 aromatic carbocycles. The summed E-state index contributed by atoms with van der Waals surface area (Å²) in [6.07, 6.45) is 1.19. The molecule has 0 aliphatic heterocycles. The normalized spacial score (nSPS) is 15.0. The first-order valence-electron chi connectivity index (χ1n) is 7.32. The van der Waals surface area contributed by atoms with E-state index in [4.69, 9.17) is 22.1 Å². The summed E-state index contributed by atoms with van der Waals surface area (Å²) in [5, 5.41) is 0.611. The summed E-state index contributed by atoms with van der Waals surface area (Å²) in [5.41, 5.74) is 6.79. The van der Waals surface area contributed by atoms with Gasteiger partial charge in [-0.3, -0.25) is 9.59 Å². The van der Waals surface area contributed by atoms with E-state index in [0.29, 0.717) is 24.3 Å². The van der Waals surface area contributed by atoms with Gasteiger partial charge in [0.15, 0.2) is 0 Å². The van der Waals surface area contributed by atoms with Gasteiger partial charge in [0.05, 0.1) is 7.11 Å². The van der Waals surface area contributed by atoms with Crippen molar-refractivity contribution in [1.82, 2.24) is 0 Å². The molecule has 0 heterocycles. The Morgan fingerprint density at radius 3 is 2.59 bits per heavy atom. The van der Waals surface area contributed by atoms with Crippen LogP contribution in [-0.4, -0.2) is 24.4 Å². The molecular weight excluding hydrogens is 302 g/mol. The summed E-state index contributed by atoms with van der Waals surface area (Å²) in [6.45, 7) is 5.43. The highest BCUT2D eigenvalue weighted by Crippen LogP contribution is 2.23. The maximum absolute atomic E-state index is 12.1. The lowest BCUT2D eigenvalue weighted by molar-refractivity contribution is -0.148. The van der Waals surface area contributed by atoms with Crippen LogP contribution in [0.1, 0.15) is 37.8 Å². The number of methoxy groups -OCH3 is 1. The Hall–Kier alpha value is -1.39. The van der Waals surface area contributed by atoms with Gasteiger partial charge in [-0.05, 0) is 43.4 Å². The molecule has 122 valence electrons. The van der Waals surface area contributed by atoms with E-state index in [1.807, 2.05) is 32.0 Å². The number of benzene rings is 1. The van der Waals surface area contributed by atoms with Crippen LogP contribution in [0.2, 0.25) is 5.02 Å². The second kappa shape index (κ2) is 7.75. The number of nitrogens with two attached hydrogens (primary N) is 1. The summed E-state index contributed by atoms with van der Waals surface area (Å²) >= 11 is 6.14. The molecule has 0 saturated carbocycles. The van der Waals surface area contributed by atoms with Crippen LogP contribution >= 0.6 is 11.6 Å². The van der Waals surface area contributed by atoms with E-state index in [1.54, 1.807) is 6.92 Å². The number of hydrogen-bond donors (Lipinski definition) is 1. The molecule has 0 aliphatic carbocycles. The highest BCUT2D eigenvalue weighted by atomic mass is 35.5. The quantitative estimate of drug-likeness (QED) is 0.782. The zero-order valence-electron chi connectivity index (χ0n) is 13.6. The molecule has 0 fully saturated rings. The fourth-order valence-electron chi connectivity index (χ4n) is 2.19. The maximum Gasteiger partial charge on any atom is 0.325 e. The van der Waals surface area contributed by atoms with E-state index < -0.39 is 11.5 Å². The molecule has 0 saturated heterocycles. The van der Waals surface area contributed by atoms with Crippen LogP contribution in [0.4, 0.5) is 0 Å². The van der Waals surface area contributed by atoms with Crippen molar-refractivity contribution in [1.29, 1.82) is 0 Å². The highest BCUT2D eigenvalue weighted by Gasteiger charge is 2.35. The Balaban J connectivity index is 2.57. The lowest BCUT2D eigenvalue weighted by Gasteiger charge is -2.28. The molecule has 1 rings (SSSR count). The summed E-state index contributed by atoms with van der Waals surface area (Å²) in [4.78, 5) is 23.7. The lowest BCUT2D eigenvalue weighted by Crippen LogP contribution is -2.51. The van der Waals surface area contributed by atoms with E-state index in [-0.39, 0.29) is 11.7 Å². The third-order valence-corrected chi connectivity index (χ3v) is 4.45. The molecule has 2 unspecified atom stereocenters. The minimum absolute atomic E-state index is 0.0817. The van der Waals surface area contributed by atoms with Crippen LogP contribution in [0, 0.1) is 12.8 Å². The van der Waals surface area contributed by atoms with Crippen LogP contribution < -0.4 is 5.73 Å². The standard InChI is InChI=1S/C17H24ClNO3/c1-11-5-7-13(15(18)9-11)10-14(20)8-6-12(2)17(3,19)16(21)22-4/h5,7,9,12H,6,8,10,19H2,1-4H3. The number of ketones is 1. The molecule has 0 aromatic heterocycles. The van der Waals surface area contributed by atoms with Crippen molar-refractivity contribution < 1.29 is 14.3 Å². The van der Waals surface area contributed by atoms with Crippen molar-refractivity contribution >= 4 is 23.4 Å². The van der Waals surface area contributed by atoms with E-state index in [1.165, 1.54) is 7.11 Å². The van der Waals surface area contributed by atoms with Gasteiger partial charge in [0.1, 0.15) is 11.3 Å². The van der Waals surface area contributed by atoms with Crippen LogP contribution in [-0.2, 0) is 20.7 Å². The first-order chi connectivity index (χ1) is 10.2. The van der Waals surface area contributed by atoms with Crippen LogP contribution in [0.3, 0.4) is 0 Å². The van der Waals surface area contributed by atoms with Gasteiger partial charge in [0.25, 0.3) is 0 Å². The number of carbonyl (C=O) groups is 2. The molecule has 0 aliphatic rings. The van der Waals surface area contributed by atoms with Gasteiger partial charge in [0, 0.05) is 17.9 Å². The first-order valence-corrected chi connectivity index (χ1v) is 7.70. The largest absolute Gasteiger partial charge is 0.468 e. The van der Waals surface area contributed by atoms with Crippen LogP contribution in [0.15, 0.2) is 18.2 Å². The van der Waals surface area contributed by atoms with Gasteiger partial charge in [-0.15, -0.1) is 0 Å². The molecule has 2 N–H and O–H groups in total. The Kier molecular flexibility index (Phi) is 6.57. The molecular formula is C17H24ClNO3. The number of rotatable bonds is 7. The van der Waals surface area contributed by atoms with Gasteiger partial charge in [-0.1, -0.05) is 30.7 Å². The third-order valence-electron chi connectivity index (χ3n) is 4.10. The molecule has 0 radical (unpaired) electrons. The summed E-state index contributed by atoms with van der Waals surface area (Å²) < 4.78 is 4.70. The molecule has 0 bridgehead atoms. The van der Waals surface area contributed by atoms with Crippen LogP contribution in [0.5, 0.6) is 0 Å². The maximum atomic E-state index is 12.1. The van der Waals surface area contributed by atoms with E-state index in [0.717, 1.165) is 11.1 Å². The first kappa shape index (κ1) is 18.7. The molecule has 0 spiro atoms. The Morgan fingerprint density at radius 2 is 2.05 bits per heavy atom. The second-order valence-corrected chi connectivity index (χ2v) is 6.43. The van der Waals surface area contributed by atoms with Gasteiger partial charge >= 0.3 is 5.97 Å². The Labute approximate surface area is 137 Å². The van der Waals surface area contributed by atoms with Gasteiger partial charge in [-0.2, -0.15) is 0 Å². The topological polar surface area (TPSA) is 69.4 Å².